The van der Waals surface area contributed by atoms with Gasteiger partial charge in [-0.3, -0.25) is 4.18 Å². The Morgan fingerprint density at radius 1 is 0.770 bits per heavy atom. The molecule has 324 valence electrons. The minimum atomic E-state index is -3.63. The van der Waals surface area contributed by atoms with Crippen LogP contribution >= 0.6 is 0 Å². The molecule has 4 aliphatic rings. The van der Waals surface area contributed by atoms with Gasteiger partial charge in [0.25, 0.3) is 10.1 Å². The molecule has 0 radical (unpaired) electrons. The van der Waals surface area contributed by atoms with Gasteiger partial charge in [0, 0.05) is 6.42 Å². The number of esters is 1. The second-order valence-electron chi connectivity index (χ2n) is 19.6. The Kier molecular flexibility index (Phi) is 12.9. The molecule has 8 rings (SSSR count). The number of allylic oxidation sites excluding steroid dienone is 1. The normalized spacial score (nSPS) is 29.6. The Morgan fingerprint density at radius 2 is 1.34 bits per heavy atom. The summed E-state index contributed by atoms with van der Waals surface area (Å²) in [6, 6.07) is 41.0. The van der Waals surface area contributed by atoms with Gasteiger partial charge in [-0.2, -0.15) is 8.42 Å². The lowest BCUT2D eigenvalue weighted by atomic mass is 9.47. The number of carbonyl (C=O) groups excluding carboxylic acids is 1. The lowest BCUT2D eigenvalue weighted by Gasteiger charge is -2.58. The van der Waals surface area contributed by atoms with Gasteiger partial charge in [-0.1, -0.05) is 161 Å². The van der Waals surface area contributed by atoms with Crippen LogP contribution in [0.25, 0.3) is 0 Å². The lowest BCUT2D eigenvalue weighted by Crippen LogP contribution is -2.51. The van der Waals surface area contributed by atoms with Crippen molar-refractivity contribution < 1.29 is 26.9 Å². The molecular weight excluding hydrogens is 777 g/mol. The van der Waals surface area contributed by atoms with Gasteiger partial charge in [-0.25, -0.2) is 4.79 Å². The zero-order chi connectivity index (χ0) is 42.8. The average Bonchev–Trinajstić information content (AvgIpc) is 3.55. The quantitative estimate of drug-likeness (QED) is 0.0513. The van der Waals surface area contributed by atoms with Crippen molar-refractivity contribution in [1.29, 1.82) is 0 Å². The van der Waals surface area contributed by atoms with Crippen LogP contribution < -0.4 is 0 Å². The van der Waals surface area contributed by atoms with Crippen LogP contribution in [0.3, 0.4) is 0 Å². The first-order valence-corrected chi connectivity index (χ1v) is 24.8. The van der Waals surface area contributed by atoms with E-state index in [1.54, 1.807) is 0 Å². The molecule has 7 heteroatoms. The zero-order valence-corrected chi connectivity index (χ0v) is 37.7. The van der Waals surface area contributed by atoms with Gasteiger partial charge in [0.15, 0.2) is 0 Å². The fourth-order valence-corrected chi connectivity index (χ4v) is 13.6. The van der Waals surface area contributed by atoms with E-state index in [-0.39, 0.29) is 34.9 Å². The van der Waals surface area contributed by atoms with E-state index >= 15 is 0 Å². The molecule has 0 aromatic heterocycles. The van der Waals surface area contributed by atoms with Crippen LogP contribution in [0.1, 0.15) is 119 Å². The van der Waals surface area contributed by atoms with E-state index in [9.17, 15) is 13.2 Å². The van der Waals surface area contributed by atoms with E-state index in [0.717, 1.165) is 80.9 Å². The molecule has 4 aliphatic carbocycles. The highest BCUT2D eigenvalue weighted by Gasteiger charge is 2.62. The Labute approximate surface area is 365 Å². The summed E-state index contributed by atoms with van der Waals surface area (Å²) in [7, 11) is -3.63. The van der Waals surface area contributed by atoms with Crippen molar-refractivity contribution >= 4 is 16.1 Å². The third-order valence-corrected chi connectivity index (χ3v) is 16.4. The monoisotopic (exact) mass is 842 g/mol. The first-order valence-electron chi connectivity index (χ1n) is 23.0. The minimum Gasteiger partial charge on any atom is -0.458 e. The molecule has 4 aromatic rings. The van der Waals surface area contributed by atoms with Crippen molar-refractivity contribution in [3.8, 4) is 0 Å². The number of fused-ring (bicyclic) bond motifs is 5. The first-order chi connectivity index (χ1) is 29.3. The van der Waals surface area contributed by atoms with Crippen LogP contribution in [0.5, 0.6) is 0 Å². The third-order valence-electron chi connectivity index (χ3n) is 15.8. The summed E-state index contributed by atoms with van der Waals surface area (Å²) in [4.78, 5) is 13.0. The number of ether oxygens (including phenoxy) is 2. The molecule has 4 aromatic carbocycles. The summed E-state index contributed by atoms with van der Waals surface area (Å²) in [6.07, 6.45) is 13.0. The van der Waals surface area contributed by atoms with Crippen molar-refractivity contribution in [2.24, 2.45) is 46.3 Å². The lowest BCUT2D eigenvalue weighted by molar-refractivity contribution is -0.0628. The van der Waals surface area contributed by atoms with E-state index in [0.29, 0.717) is 41.8 Å². The van der Waals surface area contributed by atoms with Crippen molar-refractivity contribution in [3.05, 3.63) is 155 Å². The van der Waals surface area contributed by atoms with E-state index in [4.69, 9.17) is 13.7 Å². The van der Waals surface area contributed by atoms with Gasteiger partial charge in [-0.05, 0) is 120 Å². The average molecular weight is 843 g/mol. The maximum Gasteiger partial charge on any atom is 0.338 e. The van der Waals surface area contributed by atoms with Crippen LogP contribution in [-0.4, -0.2) is 39.5 Å². The minimum absolute atomic E-state index is 0.00452. The van der Waals surface area contributed by atoms with Gasteiger partial charge < -0.3 is 9.47 Å². The van der Waals surface area contributed by atoms with E-state index in [1.165, 1.54) is 11.8 Å². The molecule has 0 heterocycles. The topological polar surface area (TPSA) is 78.9 Å². The molecule has 10 atom stereocenters. The summed E-state index contributed by atoms with van der Waals surface area (Å²) >= 11 is 0. The second-order valence-corrected chi connectivity index (χ2v) is 21.2. The number of hydrogen-bond acceptors (Lipinski definition) is 6. The van der Waals surface area contributed by atoms with Crippen molar-refractivity contribution in [2.45, 2.75) is 110 Å². The van der Waals surface area contributed by atoms with Crippen molar-refractivity contribution in [1.82, 2.24) is 0 Å². The zero-order valence-electron chi connectivity index (χ0n) is 36.9. The Bertz CT molecular complexity index is 2130. The molecule has 0 saturated heterocycles. The molecule has 0 unspecified atom stereocenters. The highest BCUT2D eigenvalue weighted by Crippen LogP contribution is 2.68. The van der Waals surface area contributed by atoms with Gasteiger partial charge in [0.1, 0.15) is 11.7 Å². The summed E-state index contributed by atoms with van der Waals surface area (Å²) < 4.78 is 45.1. The van der Waals surface area contributed by atoms with Crippen LogP contribution in [0, 0.1) is 46.3 Å². The number of rotatable bonds is 15. The second kappa shape index (κ2) is 18.0. The van der Waals surface area contributed by atoms with Gasteiger partial charge in [0.05, 0.1) is 24.5 Å². The van der Waals surface area contributed by atoms with E-state index < -0.39 is 15.7 Å². The molecule has 0 N–H and O–H groups in total. The smallest absolute Gasteiger partial charge is 0.338 e. The highest BCUT2D eigenvalue weighted by atomic mass is 32.2. The van der Waals surface area contributed by atoms with E-state index in [1.807, 2.05) is 30.3 Å². The SMILES string of the molecule is C[C@H](CCC[C@@H](C)[C@H]1[C@@H](OS(C)(=O)=O)C[C@H]2[C@@H]3CC=C4C[C@H](OC(=O)c5ccccc5)CC[C@]4(C)[C@H]3CC[C@]12C)COC(c1ccccc1)(c1ccccc1)c1ccccc1. The largest absolute Gasteiger partial charge is 0.458 e. The molecule has 6 nitrogen and oxygen atoms in total. The predicted octanol–water partition coefficient (Wildman–Crippen LogP) is 12.2. The summed E-state index contributed by atoms with van der Waals surface area (Å²) in [5, 5.41) is 0. The fourth-order valence-electron chi connectivity index (χ4n) is 13.0. The van der Waals surface area contributed by atoms with Crippen LogP contribution in [0.2, 0.25) is 0 Å². The summed E-state index contributed by atoms with van der Waals surface area (Å²) in [6.45, 7) is 10.2. The Morgan fingerprint density at radius 3 is 1.92 bits per heavy atom. The molecule has 61 heavy (non-hydrogen) atoms. The molecule has 0 spiro atoms. The molecular formula is C54H66O6S. The molecule has 0 amide bonds. The maximum absolute atomic E-state index is 13.0. The number of hydrogen-bond donors (Lipinski definition) is 0. The summed E-state index contributed by atoms with van der Waals surface area (Å²) in [5.41, 5.74) is 4.71. The first kappa shape index (κ1) is 43.6. The van der Waals surface area contributed by atoms with Crippen LogP contribution in [0.4, 0.5) is 0 Å². The predicted molar refractivity (Wildman–Crippen MR) is 243 cm³/mol. The Hall–Kier alpha value is -4.04. The number of benzene rings is 4. The maximum atomic E-state index is 13.0. The number of carbonyl (C=O) groups is 1. The fraction of sp³-hybridized carbons (Fsp3) is 0.500. The van der Waals surface area contributed by atoms with Crippen molar-refractivity contribution in [2.75, 3.05) is 12.9 Å². The summed E-state index contributed by atoms with van der Waals surface area (Å²) in [5.74, 6) is 1.95. The molecule has 0 aliphatic heterocycles. The molecule has 3 fully saturated rings. The third kappa shape index (κ3) is 8.81. The van der Waals surface area contributed by atoms with E-state index in [2.05, 4.69) is 125 Å². The molecule has 0 bridgehead atoms. The van der Waals surface area contributed by atoms with Gasteiger partial charge >= 0.3 is 5.97 Å². The molecule has 3 saturated carbocycles. The van der Waals surface area contributed by atoms with Crippen LogP contribution in [0.15, 0.2) is 133 Å². The van der Waals surface area contributed by atoms with Crippen LogP contribution in [-0.2, 0) is 29.4 Å². The standard InChI is InChI=1S/C54H66O6S/c1-38(37-58-54(41-23-12-7-13-24-41,42-25-14-8-15-26-42)43-27-16-9-17-28-43)19-18-20-39(2)50-49(60-61(5,56)57)36-48-46-30-29-44-35-45(59-51(55)40-21-10-6-11-22-40)31-33-52(44,3)47(46)32-34-53(48,50)4/h6-17,21-29,38-39,45-50H,18-20,30-37H2,1-5H3/t38-,39-,45-,46-,47+,48+,49+,50+,52+,53+/m1/s1. The highest BCUT2D eigenvalue weighted by molar-refractivity contribution is 7.86. The Balaban J connectivity index is 0.947. The van der Waals surface area contributed by atoms with Gasteiger partial charge in [-0.15, -0.1) is 0 Å². The van der Waals surface area contributed by atoms with Crippen molar-refractivity contribution in [3.63, 3.8) is 0 Å². The van der Waals surface area contributed by atoms with Gasteiger partial charge in [0.2, 0.25) is 0 Å².